The van der Waals surface area contributed by atoms with E-state index in [0.717, 1.165) is 16.5 Å². The normalized spacial score (nSPS) is 10.9. The molecule has 0 aliphatic heterocycles. The second-order valence-electron chi connectivity index (χ2n) is 3.81. The molecule has 0 fully saturated rings. The third kappa shape index (κ3) is 2.85. The van der Waals surface area contributed by atoms with E-state index in [1.165, 1.54) is 0 Å². The van der Waals surface area contributed by atoms with Crippen LogP contribution in [0.25, 0.3) is 17.0 Å². The van der Waals surface area contributed by atoms with Gasteiger partial charge in [-0.25, -0.2) is 4.98 Å². The zero-order valence-electron chi connectivity index (χ0n) is 9.96. The highest BCUT2D eigenvalue weighted by molar-refractivity contribution is 5.82. The molecular formula is C14H13NO3. The first kappa shape index (κ1) is 12.1. The van der Waals surface area contributed by atoms with Crippen LogP contribution in [0.3, 0.4) is 0 Å². The predicted molar refractivity (Wildman–Crippen MR) is 69.6 cm³/mol. The van der Waals surface area contributed by atoms with Crippen LogP contribution in [0.2, 0.25) is 0 Å². The molecule has 0 aliphatic carbocycles. The smallest absolute Gasteiger partial charge is 0.307 e. The van der Waals surface area contributed by atoms with Crippen LogP contribution in [-0.2, 0) is 4.79 Å². The molecule has 0 amide bonds. The number of aromatic nitrogens is 1. The van der Waals surface area contributed by atoms with Gasteiger partial charge in [-0.05, 0) is 23.8 Å². The van der Waals surface area contributed by atoms with Crippen LogP contribution >= 0.6 is 0 Å². The maximum atomic E-state index is 10.4. The van der Waals surface area contributed by atoms with Gasteiger partial charge in [-0.3, -0.25) is 4.79 Å². The van der Waals surface area contributed by atoms with Crippen molar-refractivity contribution < 1.29 is 14.6 Å². The number of carbonyl (C=O) groups is 1. The van der Waals surface area contributed by atoms with Crippen molar-refractivity contribution in [3.63, 3.8) is 0 Å². The third-order valence-corrected chi connectivity index (χ3v) is 2.50. The Hall–Kier alpha value is -2.36. The van der Waals surface area contributed by atoms with E-state index in [-0.39, 0.29) is 6.42 Å². The number of methoxy groups -OCH3 is 1. The van der Waals surface area contributed by atoms with Crippen molar-refractivity contribution in [2.24, 2.45) is 0 Å². The lowest BCUT2D eigenvalue weighted by molar-refractivity contribution is -0.135. The number of aliphatic carboxylic acids is 1. The number of ether oxygens (including phenoxy) is 1. The summed E-state index contributed by atoms with van der Waals surface area (Å²) in [6, 6.07) is 9.47. The number of carboxylic acids is 1. The summed E-state index contributed by atoms with van der Waals surface area (Å²) >= 11 is 0. The number of carboxylic acid groups (broad SMARTS) is 1. The van der Waals surface area contributed by atoms with Crippen LogP contribution in [0.15, 0.2) is 36.4 Å². The van der Waals surface area contributed by atoms with Gasteiger partial charge >= 0.3 is 5.97 Å². The maximum absolute atomic E-state index is 10.4. The second-order valence-corrected chi connectivity index (χ2v) is 3.81. The van der Waals surface area contributed by atoms with Crippen LogP contribution in [-0.4, -0.2) is 23.2 Å². The second kappa shape index (κ2) is 5.31. The standard InChI is InChI=1S/C14H13NO3/c1-18-13-8-6-11-9-10(3-2-4-14(16)17)5-7-12(11)15-13/h2-3,5-9H,4H2,1H3,(H,16,17). The number of fused-ring (bicyclic) bond motifs is 1. The van der Waals surface area contributed by atoms with Crippen LogP contribution < -0.4 is 4.74 Å². The van der Waals surface area contributed by atoms with E-state index in [1.807, 2.05) is 24.3 Å². The molecule has 1 aromatic carbocycles. The molecule has 1 N–H and O–H groups in total. The molecule has 0 spiro atoms. The van der Waals surface area contributed by atoms with Gasteiger partial charge < -0.3 is 9.84 Å². The minimum atomic E-state index is -0.835. The molecule has 0 bridgehead atoms. The molecule has 2 rings (SSSR count). The zero-order valence-corrected chi connectivity index (χ0v) is 9.96. The lowest BCUT2D eigenvalue weighted by Crippen LogP contribution is -1.90. The minimum absolute atomic E-state index is 0.0267. The molecule has 2 aromatic rings. The molecule has 0 atom stereocenters. The molecule has 0 saturated heterocycles. The Bertz CT molecular complexity index is 605. The van der Waals surface area contributed by atoms with E-state index in [2.05, 4.69) is 4.98 Å². The third-order valence-electron chi connectivity index (χ3n) is 2.50. The predicted octanol–water partition coefficient (Wildman–Crippen LogP) is 2.73. The van der Waals surface area contributed by atoms with Crippen molar-refractivity contribution in [1.29, 1.82) is 0 Å². The summed E-state index contributed by atoms with van der Waals surface area (Å²) in [4.78, 5) is 14.7. The van der Waals surface area contributed by atoms with Crippen LogP contribution in [0.4, 0.5) is 0 Å². The summed E-state index contributed by atoms with van der Waals surface area (Å²) in [5.41, 5.74) is 1.81. The van der Waals surface area contributed by atoms with E-state index < -0.39 is 5.97 Å². The Morgan fingerprint density at radius 2 is 2.22 bits per heavy atom. The van der Waals surface area contributed by atoms with E-state index in [1.54, 1.807) is 25.3 Å². The Kier molecular flexibility index (Phi) is 3.57. The monoisotopic (exact) mass is 243 g/mol. The number of benzene rings is 1. The lowest BCUT2D eigenvalue weighted by atomic mass is 10.1. The summed E-state index contributed by atoms with van der Waals surface area (Å²) in [5.74, 6) is -0.255. The Labute approximate surface area is 105 Å². The van der Waals surface area contributed by atoms with Gasteiger partial charge in [0, 0.05) is 11.5 Å². The number of hydrogen-bond acceptors (Lipinski definition) is 3. The fourth-order valence-corrected chi connectivity index (χ4v) is 1.64. The molecule has 0 radical (unpaired) electrons. The van der Waals surface area contributed by atoms with Gasteiger partial charge in [0.15, 0.2) is 0 Å². The van der Waals surface area contributed by atoms with Crippen molar-refractivity contribution in [2.45, 2.75) is 6.42 Å². The van der Waals surface area contributed by atoms with Gasteiger partial charge in [-0.2, -0.15) is 0 Å². The summed E-state index contributed by atoms with van der Waals surface area (Å²) in [7, 11) is 1.58. The van der Waals surface area contributed by atoms with Gasteiger partial charge in [0.1, 0.15) is 0 Å². The molecule has 4 heteroatoms. The lowest BCUT2D eigenvalue weighted by Gasteiger charge is -2.02. The van der Waals surface area contributed by atoms with Crippen LogP contribution in [0, 0.1) is 0 Å². The van der Waals surface area contributed by atoms with E-state index in [0.29, 0.717) is 5.88 Å². The van der Waals surface area contributed by atoms with Crippen molar-refractivity contribution in [2.75, 3.05) is 7.11 Å². The first-order valence-corrected chi connectivity index (χ1v) is 5.52. The molecule has 18 heavy (non-hydrogen) atoms. The average molecular weight is 243 g/mol. The van der Waals surface area contributed by atoms with E-state index in [9.17, 15) is 4.79 Å². The maximum Gasteiger partial charge on any atom is 0.307 e. The molecule has 4 nitrogen and oxygen atoms in total. The van der Waals surface area contributed by atoms with Crippen molar-refractivity contribution >= 4 is 22.9 Å². The van der Waals surface area contributed by atoms with Crippen LogP contribution in [0.1, 0.15) is 12.0 Å². The number of pyridine rings is 1. The highest BCUT2D eigenvalue weighted by Crippen LogP contribution is 2.18. The number of rotatable bonds is 4. The highest BCUT2D eigenvalue weighted by Gasteiger charge is 1.98. The molecular weight excluding hydrogens is 230 g/mol. The molecule has 1 heterocycles. The average Bonchev–Trinajstić information content (AvgIpc) is 2.37. The highest BCUT2D eigenvalue weighted by atomic mass is 16.5. The topological polar surface area (TPSA) is 59.4 Å². The summed E-state index contributed by atoms with van der Waals surface area (Å²) in [6.07, 6.45) is 3.44. The van der Waals surface area contributed by atoms with Gasteiger partial charge in [-0.15, -0.1) is 0 Å². The first-order valence-electron chi connectivity index (χ1n) is 5.52. The minimum Gasteiger partial charge on any atom is -0.481 e. The van der Waals surface area contributed by atoms with Gasteiger partial charge in [0.25, 0.3) is 0 Å². The quantitative estimate of drug-likeness (QED) is 0.896. The van der Waals surface area contributed by atoms with Crippen molar-refractivity contribution in [1.82, 2.24) is 4.98 Å². The molecule has 0 unspecified atom stereocenters. The molecule has 0 saturated carbocycles. The molecule has 1 aromatic heterocycles. The van der Waals surface area contributed by atoms with Gasteiger partial charge in [0.05, 0.1) is 19.0 Å². The zero-order chi connectivity index (χ0) is 13.0. The fraction of sp³-hybridized carbons (Fsp3) is 0.143. The summed E-state index contributed by atoms with van der Waals surface area (Å²) < 4.78 is 5.05. The van der Waals surface area contributed by atoms with Crippen LogP contribution in [0.5, 0.6) is 5.88 Å². The largest absolute Gasteiger partial charge is 0.481 e. The number of nitrogens with zero attached hydrogens (tertiary/aromatic N) is 1. The number of hydrogen-bond donors (Lipinski definition) is 1. The van der Waals surface area contributed by atoms with Gasteiger partial charge in [-0.1, -0.05) is 18.2 Å². The first-order chi connectivity index (χ1) is 8.69. The Balaban J connectivity index is 2.27. The summed E-state index contributed by atoms with van der Waals surface area (Å²) in [6.45, 7) is 0. The molecule has 92 valence electrons. The van der Waals surface area contributed by atoms with Crippen molar-refractivity contribution in [3.8, 4) is 5.88 Å². The Morgan fingerprint density at radius 1 is 1.39 bits per heavy atom. The SMILES string of the molecule is COc1ccc2cc(C=CCC(=O)O)ccc2n1. The van der Waals surface area contributed by atoms with E-state index >= 15 is 0 Å². The fourth-order valence-electron chi connectivity index (χ4n) is 1.64. The molecule has 0 aliphatic rings. The Morgan fingerprint density at radius 3 is 2.94 bits per heavy atom. The van der Waals surface area contributed by atoms with E-state index in [4.69, 9.17) is 9.84 Å². The van der Waals surface area contributed by atoms with Gasteiger partial charge in [0.2, 0.25) is 5.88 Å². The summed E-state index contributed by atoms with van der Waals surface area (Å²) in [5, 5.41) is 9.54. The van der Waals surface area contributed by atoms with Crippen molar-refractivity contribution in [3.05, 3.63) is 42.0 Å².